The molecule has 1 fully saturated rings. The van der Waals surface area contributed by atoms with Crippen molar-refractivity contribution in [1.29, 1.82) is 0 Å². The van der Waals surface area contributed by atoms with Crippen LogP contribution in [0.25, 0.3) is 0 Å². The summed E-state index contributed by atoms with van der Waals surface area (Å²) in [6.45, 7) is 8.63. The predicted octanol–water partition coefficient (Wildman–Crippen LogP) is 2.37. The van der Waals surface area contributed by atoms with Gasteiger partial charge in [-0.2, -0.15) is 0 Å². The Labute approximate surface area is 130 Å². The monoisotopic (exact) mass is 308 g/mol. The molecule has 0 aliphatic carbocycles. The van der Waals surface area contributed by atoms with E-state index in [0.717, 1.165) is 0 Å². The molecule has 0 spiro atoms. The van der Waals surface area contributed by atoms with Gasteiger partial charge in [-0.25, -0.2) is 4.79 Å². The van der Waals surface area contributed by atoms with Crippen LogP contribution in [0.2, 0.25) is 0 Å². The third kappa shape index (κ3) is 4.04. The lowest BCUT2D eigenvalue weighted by Crippen LogP contribution is -2.60. The summed E-state index contributed by atoms with van der Waals surface area (Å²) in [5.74, 6) is 0.0940. The highest BCUT2D eigenvalue weighted by Crippen LogP contribution is 2.28. The standard InChI is InChI=1S/C16H24N2O4/c1-10(13-6-5-12(19)7-14(13)20)17-11-8-18(9-11)15(21)22-16(2,3)4/h5-7,10-11,17,19-20H,8-9H2,1-4H3. The number of rotatable bonds is 3. The van der Waals surface area contributed by atoms with Crippen molar-refractivity contribution < 1.29 is 19.7 Å². The van der Waals surface area contributed by atoms with Crippen LogP contribution in [0.4, 0.5) is 4.79 Å². The van der Waals surface area contributed by atoms with Gasteiger partial charge in [0, 0.05) is 36.8 Å². The third-order valence-electron chi connectivity index (χ3n) is 3.50. The second-order valence-corrected chi connectivity index (χ2v) is 6.71. The first-order chi connectivity index (χ1) is 10.2. The van der Waals surface area contributed by atoms with Gasteiger partial charge in [-0.3, -0.25) is 0 Å². The Kier molecular flexibility index (Phi) is 4.51. The summed E-state index contributed by atoms with van der Waals surface area (Å²) >= 11 is 0. The van der Waals surface area contributed by atoms with Crippen molar-refractivity contribution in [2.45, 2.75) is 45.4 Å². The highest BCUT2D eigenvalue weighted by molar-refractivity contribution is 5.69. The van der Waals surface area contributed by atoms with Crippen LogP contribution in [-0.2, 0) is 4.74 Å². The van der Waals surface area contributed by atoms with E-state index < -0.39 is 5.60 Å². The maximum atomic E-state index is 11.8. The summed E-state index contributed by atoms with van der Waals surface area (Å²) in [4.78, 5) is 13.5. The van der Waals surface area contributed by atoms with Gasteiger partial charge in [0.2, 0.25) is 0 Å². The quantitative estimate of drug-likeness (QED) is 0.798. The maximum absolute atomic E-state index is 11.8. The summed E-state index contributed by atoms with van der Waals surface area (Å²) < 4.78 is 5.30. The SMILES string of the molecule is CC(NC1CN(C(=O)OC(C)(C)C)C1)c1ccc(O)cc1O. The minimum absolute atomic E-state index is 0.0354. The van der Waals surface area contributed by atoms with Crippen LogP contribution in [-0.4, -0.2) is 45.9 Å². The largest absolute Gasteiger partial charge is 0.508 e. The van der Waals surface area contributed by atoms with Crippen molar-refractivity contribution in [1.82, 2.24) is 10.2 Å². The molecule has 6 nitrogen and oxygen atoms in total. The third-order valence-corrected chi connectivity index (χ3v) is 3.50. The summed E-state index contributed by atoms with van der Waals surface area (Å²) in [7, 11) is 0. The number of phenolic OH excluding ortho intramolecular Hbond substituents is 2. The van der Waals surface area contributed by atoms with Crippen LogP contribution >= 0.6 is 0 Å². The minimum Gasteiger partial charge on any atom is -0.508 e. The second kappa shape index (κ2) is 6.04. The normalized spacial score (nSPS) is 17.0. The molecule has 1 unspecified atom stereocenters. The number of nitrogens with one attached hydrogen (secondary N) is 1. The molecule has 1 aliphatic rings. The number of carbonyl (C=O) groups is 1. The first-order valence-electron chi connectivity index (χ1n) is 7.41. The molecule has 1 aromatic rings. The number of hydrogen-bond acceptors (Lipinski definition) is 5. The fourth-order valence-corrected chi connectivity index (χ4v) is 2.40. The minimum atomic E-state index is -0.485. The Morgan fingerprint density at radius 2 is 2.00 bits per heavy atom. The Bertz CT molecular complexity index is 548. The fraction of sp³-hybridized carbons (Fsp3) is 0.562. The molecule has 3 N–H and O–H groups in total. The number of benzene rings is 1. The van der Waals surface area contributed by atoms with Crippen molar-refractivity contribution in [2.24, 2.45) is 0 Å². The Balaban J connectivity index is 1.83. The van der Waals surface area contributed by atoms with Gasteiger partial charge >= 0.3 is 6.09 Å². The molecule has 1 aromatic carbocycles. The summed E-state index contributed by atoms with van der Waals surface area (Å²) in [5, 5.41) is 22.5. The number of phenols is 2. The molecule has 0 aromatic heterocycles. The van der Waals surface area contributed by atoms with Crippen LogP contribution in [0.5, 0.6) is 11.5 Å². The molecule has 22 heavy (non-hydrogen) atoms. The zero-order chi connectivity index (χ0) is 16.5. The molecule has 2 rings (SSSR count). The highest BCUT2D eigenvalue weighted by atomic mass is 16.6. The van der Waals surface area contributed by atoms with E-state index in [1.165, 1.54) is 6.07 Å². The highest BCUT2D eigenvalue weighted by Gasteiger charge is 2.34. The smallest absolute Gasteiger partial charge is 0.410 e. The second-order valence-electron chi connectivity index (χ2n) is 6.71. The summed E-state index contributed by atoms with van der Waals surface area (Å²) in [6.07, 6.45) is -0.300. The van der Waals surface area contributed by atoms with Crippen molar-refractivity contribution in [2.75, 3.05) is 13.1 Å². The maximum Gasteiger partial charge on any atom is 0.410 e. The lowest BCUT2D eigenvalue weighted by atomic mass is 10.0. The molecule has 1 saturated heterocycles. The molecule has 1 heterocycles. The molecule has 1 atom stereocenters. The van der Waals surface area contributed by atoms with Crippen molar-refractivity contribution in [3.8, 4) is 11.5 Å². The molecule has 1 aliphatic heterocycles. The molecule has 1 amide bonds. The van der Waals surface area contributed by atoms with E-state index >= 15 is 0 Å². The van der Waals surface area contributed by atoms with Crippen LogP contribution in [0, 0.1) is 0 Å². The summed E-state index contributed by atoms with van der Waals surface area (Å²) in [5.41, 5.74) is 0.231. The molecule has 6 heteroatoms. The number of nitrogens with zero attached hydrogens (tertiary/aromatic N) is 1. The van der Waals surface area contributed by atoms with Crippen molar-refractivity contribution in [3.63, 3.8) is 0 Å². The number of likely N-dealkylation sites (tertiary alicyclic amines) is 1. The molecule has 0 bridgehead atoms. The van der Waals surface area contributed by atoms with Gasteiger partial charge in [-0.15, -0.1) is 0 Å². The van der Waals surface area contributed by atoms with E-state index in [4.69, 9.17) is 4.74 Å². The van der Waals surface area contributed by atoms with Crippen LogP contribution in [0.3, 0.4) is 0 Å². The summed E-state index contributed by atoms with van der Waals surface area (Å²) in [6, 6.07) is 4.64. The van der Waals surface area contributed by atoms with Crippen LogP contribution < -0.4 is 5.32 Å². The van der Waals surface area contributed by atoms with Gasteiger partial charge in [0.25, 0.3) is 0 Å². The zero-order valence-electron chi connectivity index (χ0n) is 13.5. The molecular formula is C16H24N2O4. The lowest BCUT2D eigenvalue weighted by Gasteiger charge is -2.41. The van der Waals surface area contributed by atoms with E-state index in [-0.39, 0.29) is 29.7 Å². The number of aromatic hydroxyl groups is 2. The van der Waals surface area contributed by atoms with Gasteiger partial charge in [0.1, 0.15) is 17.1 Å². The fourth-order valence-electron chi connectivity index (χ4n) is 2.40. The van der Waals surface area contributed by atoms with E-state index in [9.17, 15) is 15.0 Å². The lowest BCUT2D eigenvalue weighted by molar-refractivity contribution is 0.00430. The number of hydrogen-bond donors (Lipinski definition) is 3. The van der Waals surface area contributed by atoms with Crippen molar-refractivity contribution in [3.05, 3.63) is 23.8 Å². The van der Waals surface area contributed by atoms with Crippen LogP contribution in [0.1, 0.15) is 39.3 Å². The van der Waals surface area contributed by atoms with Gasteiger partial charge in [-0.05, 0) is 33.8 Å². The average Bonchev–Trinajstić information content (AvgIpc) is 2.30. The van der Waals surface area contributed by atoms with Gasteiger partial charge < -0.3 is 25.2 Å². The number of ether oxygens (including phenoxy) is 1. The topological polar surface area (TPSA) is 82.0 Å². The Hall–Kier alpha value is -1.95. The zero-order valence-corrected chi connectivity index (χ0v) is 13.5. The van der Waals surface area contributed by atoms with Gasteiger partial charge in [0.05, 0.1) is 0 Å². The Morgan fingerprint density at radius 1 is 1.36 bits per heavy atom. The van der Waals surface area contributed by atoms with E-state index in [1.54, 1.807) is 17.0 Å². The van der Waals surface area contributed by atoms with E-state index in [2.05, 4.69) is 5.32 Å². The molecular weight excluding hydrogens is 284 g/mol. The van der Waals surface area contributed by atoms with Crippen molar-refractivity contribution >= 4 is 6.09 Å². The van der Waals surface area contributed by atoms with E-state index in [1.807, 2.05) is 27.7 Å². The Morgan fingerprint density at radius 3 is 2.55 bits per heavy atom. The first-order valence-corrected chi connectivity index (χ1v) is 7.41. The van der Waals surface area contributed by atoms with Gasteiger partial charge in [-0.1, -0.05) is 6.07 Å². The van der Waals surface area contributed by atoms with Crippen LogP contribution in [0.15, 0.2) is 18.2 Å². The molecule has 0 saturated carbocycles. The number of carbonyl (C=O) groups excluding carboxylic acids is 1. The first kappa shape index (κ1) is 16.4. The number of amides is 1. The molecule has 0 radical (unpaired) electrons. The molecule has 122 valence electrons. The predicted molar refractivity (Wildman–Crippen MR) is 82.9 cm³/mol. The van der Waals surface area contributed by atoms with E-state index in [0.29, 0.717) is 18.7 Å². The average molecular weight is 308 g/mol. The van der Waals surface area contributed by atoms with Gasteiger partial charge in [0.15, 0.2) is 0 Å².